The second-order valence-corrected chi connectivity index (χ2v) is 6.94. The molecule has 0 aliphatic rings. The van der Waals surface area contributed by atoms with Crippen LogP contribution in [0.3, 0.4) is 0 Å². The number of carbonyl (C=O) groups is 2. The number of carbonyl (C=O) groups excluding carboxylic acids is 2. The van der Waals surface area contributed by atoms with Crippen molar-refractivity contribution >= 4 is 34.6 Å². The standard InChI is InChI=1S/C20H20N4O2S/c1-14-22-18(13-27-14)15-7-9-17(10-8-15)23-19(25)11-12-21-20(26)24-16-5-3-2-4-6-16/h2-10,13H,11-12H2,1H3,(H,23,25)(H2,21,24,26). The van der Waals surface area contributed by atoms with E-state index in [9.17, 15) is 9.59 Å². The third-order valence-electron chi connectivity index (χ3n) is 3.75. The van der Waals surface area contributed by atoms with E-state index in [4.69, 9.17) is 0 Å². The quantitative estimate of drug-likeness (QED) is 0.597. The van der Waals surface area contributed by atoms with Crippen molar-refractivity contribution in [2.45, 2.75) is 13.3 Å². The molecule has 2 aromatic carbocycles. The molecule has 0 saturated heterocycles. The minimum absolute atomic E-state index is 0.160. The summed E-state index contributed by atoms with van der Waals surface area (Å²) in [6, 6.07) is 16.3. The second kappa shape index (κ2) is 8.95. The molecule has 0 atom stereocenters. The van der Waals surface area contributed by atoms with E-state index in [-0.39, 0.29) is 24.9 Å². The van der Waals surface area contributed by atoms with Crippen molar-refractivity contribution < 1.29 is 9.59 Å². The Labute approximate surface area is 161 Å². The van der Waals surface area contributed by atoms with E-state index in [1.807, 2.05) is 54.8 Å². The van der Waals surface area contributed by atoms with Crippen LogP contribution in [0.4, 0.5) is 16.2 Å². The van der Waals surface area contributed by atoms with Crippen LogP contribution in [0.5, 0.6) is 0 Å². The van der Waals surface area contributed by atoms with E-state index >= 15 is 0 Å². The van der Waals surface area contributed by atoms with Gasteiger partial charge < -0.3 is 16.0 Å². The molecule has 0 spiro atoms. The fourth-order valence-electron chi connectivity index (χ4n) is 2.43. The Balaban J connectivity index is 1.42. The van der Waals surface area contributed by atoms with Crippen LogP contribution in [0.25, 0.3) is 11.3 Å². The van der Waals surface area contributed by atoms with Gasteiger partial charge in [0, 0.05) is 35.3 Å². The largest absolute Gasteiger partial charge is 0.337 e. The molecule has 0 aliphatic carbocycles. The van der Waals surface area contributed by atoms with Crippen molar-refractivity contribution in [3.05, 3.63) is 65.0 Å². The Kier molecular flexibility index (Phi) is 6.17. The smallest absolute Gasteiger partial charge is 0.319 e. The van der Waals surface area contributed by atoms with Gasteiger partial charge in [-0.25, -0.2) is 9.78 Å². The lowest BCUT2D eigenvalue weighted by atomic mass is 10.1. The Morgan fingerprint density at radius 3 is 2.33 bits per heavy atom. The molecule has 1 heterocycles. The van der Waals surface area contributed by atoms with E-state index in [0.717, 1.165) is 16.3 Å². The Bertz CT molecular complexity index is 907. The fraction of sp³-hybridized carbons (Fsp3) is 0.150. The average Bonchev–Trinajstić information content (AvgIpc) is 3.09. The number of para-hydroxylation sites is 1. The van der Waals surface area contributed by atoms with Crippen LogP contribution in [0.15, 0.2) is 60.0 Å². The van der Waals surface area contributed by atoms with Crippen LogP contribution in [0.2, 0.25) is 0 Å². The lowest BCUT2D eigenvalue weighted by molar-refractivity contribution is -0.116. The summed E-state index contributed by atoms with van der Waals surface area (Å²) in [5, 5.41) is 11.2. The first kappa shape index (κ1) is 18.6. The number of hydrogen-bond donors (Lipinski definition) is 3. The number of anilines is 2. The van der Waals surface area contributed by atoms with Crippen LogP contribution < -0.4 is 16.0 Å². The fourth-order valence-corrected chi connectivity index (χ4v) is 3.05. The number of benzene rings is 2. The summed E-state index contributed by atoms with van der Waals surface area (Å²) in [6.45, 7) is 2.22. The number of nitrogens with one attached hydrogen (secondary N) is 3. The molecule has 3 aromatic rings. The summed E-state index contributed by atoms with van der Waals surface area (Å²) in [4.78, 5) is 28.2. The summed E-state index contributed by atoms with van der Waals surface area (Å²) >= 11 is 1.61. The van der Waals surface area contributed by atoms with E-state index in [1.165, 1.54) is 0 Å². The molecular weight excluding hydrogens is 360 g/mol. The number of nitrogens with zero attached hydrogens (tertiary/aromatic N) is 1. The normalized spacial score (nSPS) is 10.3. The van der Waals surface area contributed by atoms with Gasteiger partial charge in [-0.05, 0) is 31.2 Å². The minimum Gasteiger partial charge on any atom is -0.337 e. The first-order chi connectivity index (χ1) is 13.1. The molecule has 0 fully saturated rings. The molecule has 3 rings (SSSR count). The van der Waals surface area contributed by atoms with Gasteiger partial charge >= 0.3 is 6.03 Å². The van der Waals surface area contributed by atoms with Crippen molar-refractivity contribution in [2.24, 2.45) is 0 Å². The van der Waals surface area contributed by atoms with Crippen LogP contribution in [0, 0.1) is 6.92 Å². The summed E-state index contributed by atoms with van der Waals surface area (Å²) in [5.41, 5.74) is 3.36. The topological polar surface area (TPSA) is 83.1 Å². The third-order valence-corrected chi connectivity index (χ3v) is 4.53. The lowest BCUT2D eigenvalue weighted by Gasteiger charge is -2.08. The van der Waals surface area contributed by atoms with Gasteiger partial charge in [0.05, 0.1) is 10.7 Å². The first-order valence-electron chi connectivity index (χ1n) is 8.52. The summed E-state index contributed by atoms with van der Waals surface area (Å²) in [7, 11) is 0. The molecule has 138 valence electrons. The number of thiazole rings is 1. The molecular formula is C20H20N4O2S. The first-order valence-corrected chi connectivity index (χ1v) is 9.40. The summed E-state index contributed by atoms with van der Waals surface area (Å²) in [5.74, 6) is -0.160. The Morgan fingerprint density at radius 1 is 0.963 bits per heavy atom. The van der Waals surface area contributed by atoms with Crippen molar-refractivity contribution in [1.29, 1.82) is 0 Å². The molecule has 3 amide bonds. The zero-order valence-electron chi connectivity index (χ0n) is 14.9. The highest BCUT2D eigenvalue weighted by molar-refractivity contribution is 7.09. The van der Waals surface area contributed by atoms with Crippen LogP contribution >= 0.6 is 11.3 Å². The highest BCUT2D eigenvalue weighted by Crippen LogP contribution is 2.23. The van der Waals surface area contributed by atoms with E-state index < -0.39 is 0 Å². The maximum absolute atomic E-state index is 12.0. The van der Waals surface area contributed by atoms with Gasteiger partial charge in [0.2, 0.25) is 5.91 Å². The number of urea groups is 1. The lowest BCUT2D eigenvalue weighted by Crippen LogP contribution is -2.31. The number of aryl methyl sites for hydroxylation is 1. The number of aromatic nitrogens is 1. The zero-order valence-corrected chi connectivity index (χ0v) is 15.7. The number of hydrogen-bond acceptors (Lipinski definition) is 4. The highest BCUT2D eigenvalue weighted by atomic mass is 32.1. The minimum atomic E-state index is -0.336. The Morgan fingerprint density at radius 2 is 1.67 bits per heavy atom. The van der Waals surface area contributed by atoms with Crippen molar-refractivity contribution in [1.82, 2.24) is 10.3 Å². The van der Waals surface area contributed by atoms with Gasteiger partial charge in [-0.1, -0.05) is 30.3 Å². The molecule has 7 heteroatoms. The molecule has 1 aromatic heterocycles. The van der Waals surface area contributed by atoms with Gasteiger partial charge in [-0.15, -0.1) is 11.3 Å². The molecule has 0 unspecified atom stereocenters. The van der Waals surface area contributed by atoms with Gasteiger partial charge in [-0.3, -0.25) is 4.79 Å². The van der Waals surface area contributed by atoms with Gasteiger partial charge in [0.15, 0.2) is 0 Å². The maximum Gasteiger partial charge on any atom is 0.319 e. The van der Waals surface area contributed by atoms with E-state index in [1.54, 1.807) is 23.5 Å². The van der Waals surface area contributed by atoms with Crippen LogP contribution in [-0.2, 0) is 4.79 Å². The molecule has 27 heavy (non-hydrogen) atoms. The van der Waals surface area contributed by atoms with Gasteiger partial charge in [0.1, 0.15) is 0 Å². The molecule has 0 saturated carbocycles. The predicted octanol–water partition coefficient (Wildman–Crippen LogP) is 4.27. The monoisotopic (exact) mass is 380 g/mol. The van der Waals surface area contributed by atoms with Gasteiger partial charge in [0.25, 0.3) is 0 Å². The molecule has 0 radical (unpaired) electrons. The third kappa shape index (κ3) is 5.65. The van der Waals surface area contributed by atoms with E-state index in [0.29, 0.717) is 11.4 Å². The van der Waals surface area contributed by atoms with E-state index in [2.05, 4.69) is 20.9 Å². The molecule has 3 N–H and O–H groups in total. The highest BCUT2D eigenvalue weighted by Gasteiger charge is 2.06. The molecule has 6 nitrogen and oxygen atoms in total. The summed E-state index contributed by atoms with van der Waals surface area (Å²) < 4.78 is 0. The van der Waals surface area contributed by atoms with Crippen molar-refractivity contribution in [3.8, 4) is 11.3 Å². The van der Waals surface area contributed by atoms with Crippen molar-refractivity contribution in [2.75, 3.05) is 17.2 Å². The second-order valence-electron chi connectivity index (χ2n) is 5.87. The Hall–Kier alpha value is -3.19. The van der Waals surface area contributed by atoms with Crippen LogP contribution in [0.1, 0.15) is 11.4 Å². The number of amides is 3. The molecule has 0 bridgehead atoms. The molecule has 0 aliphatic heterocycles. The van der Waals surface area contributed by atoms with Crippen LogP contribution in [-0.4, -0.2) is 23.5 Å². The maximum atomic E-state index is 12.0. The number of rotatable bonds is 6. The zero-order chi connectivity index (χ0) is 19.1. The predicted molar refractivity (Wildman–Crippen MR) is 109 cm³/mol. The SMILES string of the molecule is Cc1nc(-c2ccc(NC(=O)CCNC(=O)Nc3ccccc3)cc2)cs1. The van der Waals surface area contributed by atoms with Gasteiger partial charge in [-0.2, -0.15) is 0 Å². The average molecular weight is 380 g/mol. The summed E-state index contributed by atoms with van der Waals surface area (Å²) in [6.07, 6.45) is 0.190. The van der Waals surface area contributed by atoms with Crippen molar-refractivity contribution in [3.63, 3.8) is 0 Å².